The van der Waals surface area contributed by atoms with Gasteiger partial charge in [0, 0.05) is 18.3 Å². The SMILES string of the molecule is Cc1nn(-c2cc(F)c(F)c(F)c2)cc1C(=O)O. The molecule has 0 bridgehead atoms. The topological polar surface area (TPSA) is 55.1 Å². The highest BCUT2D eigenvalue weighted by Crippen LogP contribution is 2.18. The Hall–Kier alpha value is -2.31. The van der Waals surface area contributed by atoms with Crippen molar-refractivity contribution in [2.24, 2.45) is 0 Å². The number of hydrogen-bond acceptors (Lipinski definition) is 2. The molecule has 0 saturated carbocycles. The number of carboxylic acid groups (broad SMARTS) is 1. The van der Waals surface area contributed by atoms with E-state index in [0.717, 1.165) is 23.0 Å². The number of aromatic nitrogens is 2. The zero-order valence-electron chi connectivity index (χ0n) is 9.12. The van der Waals surface area contributed by atoms with Crippen molar-refractivity contribution in [2.45, 2.75) is 6.92 Å². The number of carbonyl (C=O) groups is 1. The summed E-state index contributed by atoms with van der Waals surface area (Å²) in [6, 6.07) is 1.47. The normalized spacial score (nSPS) is 10.7. The second kappa shape index (κ2) is 4.17. The van der Waals surface area contributed by atoms with E-state index in [-0.39, 0.29) is 16.9 Å². The van der Waals surface area contributed by atoms with Crippen molar-refractivity contribution in [2.75, 3.05) is 0 Å². The lowest BCUT2D eigenvalue weighted by Crippen LogP contribution is -2.00. The minimum Gasteiger partial charge on any atom is -0.478 e. The van der Waals surface area contributed by atoms with Crippen LogP contribution in [0.4, 0.5) is 13.2 Å². The van der Waals surface area contributed by atoms with Gasteiger partial charge >= 0.3 is 5.97 Å². The Morgan fingerprint density at radius 2 is 1.83 bits per heavy atom. The Morgan fingerprint density at radius 3 is 2.28 bits per heavy atom. The molecule has 1 aromatic carbocycles. The highest BCUT2D eigenvalue weighted by molar-refractivity contribution is 5.88. The molecule has 0 fully saturated rings. The van der Waals surface area contributed by atoms with Gasteiger partial charge in [0.1, 0.15) is 5.56 Å². The molecule has 0 unspecified atom stereocenters. The molecule has 1 N–H and O–H groups in total. The number of aromatic carboxylic acids is 1. The third-order valence-electron chi connectivity index (χ3n) is 2.36. The first-order valence-corrected chi connectivity index (χ1v) is 4.84. The summed E-state index contributed by atoms with van der Waals surface area (Å²) >= 11 is 0. The van der Waals surface area contributed by atoms with Crippen LogP contribution in [-0.2, 0) is 0 Å². The molecule has 0 amide bonds. The second-order valence-corrected chi connectivity index (χ2v) is 3.60. The van der Waals surface area contributed by atoms with Crippen LogP contribution in [0.1, 0.15) is 16.1 Å². The summed E-state index contributed by atoms with van der Waals surface area (Å²) in [5.41, 5.74) is -0.00483. The summed E-state index contributed by atoms with van der Waals surface area (Å²) in [6.45, 7) is 1.44. The maximum atomic E-state index is 13.0. The number of benzene rings is 1. The molecule has 0 radical (unpaired) electrons. The summed E-state index contributed by atoms with van der Waals surface area (Å²) in [6.07, 6.45) is 1.10. The van der Waals surface area contributed by atoms with Crippen molar-refractivity contribution in [3.05, 3.63) is 47.0 Å². The first-order valence-electron chi connectivity index (χ1n) is 4.84. The fraction of sp³-hybridized carbons (Fsp3) is 0.0909. The van der Waals surface area contributed by atoms with Crippen molar-refractivity contribution in [1.29, 1.82) is 0 Å². The van der Waals surface area contributed by atoms with Crippen molar-refractivity contribution < 1.29 is 23.1 Å². The molecule has 1 heterocycles. The molecule has 0 spiro atoms. The third kappa shape index (κ3) is 1.94. The highest BCUT2D eigenvalue weighted by Gasteiger charge is 2.16. The second-order valence-electron chi connectivity index (χ2n) is 3.60. The van der Waals surface area contributed by atoms with Crippen molar-refractivity contribution in [3.8, 4) is 5.69 Å². The van der Waals surface area contributed by atoms with Gasteiger partial charge < -0.3 is 5.11 Å². The molecular weight excluding hydrogens is 249 g/mol. The zero-order valence-corrected chi connectivity index (χ0v) is 9.12. The summed E-state index contributed by atoms with van der Waals surface area (Å²) in [5, 5.41) is 12.6. The standard InChI is InChI=1S/C11H7F3N2O2/c1-5-7(11(17)18)4-16(15-5)6-2-8(12)10(14)9(13)3-6/h2-4H,1H3,(H,17,18). The maximum Gasteiger partial charge on any atom is 0.339 e. The number of hydrogen-bond donors (Lipinski definition) is 1. The Balaban J connectivity index is 2.56. The Kier molecular flexibility index (Phi) is 2.82. The van der Waals surface area contributed by atoms with Crippen LogP contribution in [0, 0.1) is 24.4 Å². The van der Waals surface area contributed by atoms with Crippen LogP contribution in [0.3, 0.4) is 0 Å². The van der Waals surface area contributed by atoms with Crippen LogP contribution in [0.2, 0.25) is 0 Å². The lowest BCUT2D eigenvalue weighted by Gasteiger charge is -2.02. The molecule has 1 aromatic heterocycles. The van der Waals surface area contributed by atoms with Crippen LogP contribution in [-0.4, -0.2) is 20.9 Å². The Bertz CT molecular complexity index is 614. The minimum atomic E-state index is -1.58. The van der Waals surface area contributed by atoms with Gasteiger partial charge in [-0.3, -0.25) is 0 Å². The van der Waals surface area contributed by atoms with Gasteiger partial charge in [0.25, 0.3) is 0 Å². The average Bonchev–Trinajstić information content (AvgIpc) is 2.67. The first-order chi connectivity index (χ1) is 8.40. The van der Waals surface area contributed by atoms with Crippen molar-refractivity contribution in [1.82, 2.24) is 9.78 Å². The highest BCUT2D eigenvalue weighted by atomic mass is 19.2. The van der Waals surface area contributed by atoms with E-state index in [1.165, 1.54) is 6.92 Å². The van der Waals surface area contributed by atoms with Crippen molar-refractivity contribution >= 4 is 5.97 Å². The van der Waals surface area contributed by atoms with Gasteiger partial charge in [0.15, 0.2) is 17.5 Å². The van der Waals surface area contributed by atoms with Gasteiger partial charge in [0.2, 0.25) is 0 Å². The quantitative estimate of drug-likeness (QED) is 0.839. The number of halogens is 3. The molecule has 0 saturated heterocycles. The number of nitrogens with zero attached hydrogens (tertiary/aromatic N) is 2. The molecule has 0 atom stereocenters. The molecule has 4 nitrogen and oxygen atoms in total. The zero-order chi connectivity index (χ0) is 13.4. The van der Waals surface area contributed by atoms with E-state index in [9.17, 15) is 18.0 Å². The van der Waals surface area contributed by atoms with Crippen LogP contribution in [0.5, 0.6) is 0 Å². The van der Waals surface area contributed by atoms with Gasteiger partial charge in [-0.05, 0) is 6.92 Å². The Morgan fingerprint density at radius 1 is 1.28 bits per heavy atom. The van der Waals surface area contributed by atoms with Crippen molar-refractivity contribution in [3.63, 3.8) is 0 Å². The molecule has 2 rings (SSSR count). The largest absolute Gasteiger partial charge is 0.478 e. The van der Waals surface area contributed by atoms with Crippen LogP contribution >= 0.6 is 0 Å². The first kappa shape index (κ1) is 12.2. The minimum absolute atomic E-state index is 0.0954. The molecule has 7 heteroatoms. The lowest BCUT2D eigenvalue weighted by atomic mass is 10.2. The maximum absolute atomic E-state index is 13.0. The van der Waals surface area contributed by atoms with Gasteiger partial charge in [-0.2, -0.15) is 5.10 Å². The lowest BCUT2D eigenvalue weighted by molar-refractivity contribution is 0.0696. The van der Waals surface area contributed by atoms with Crippen LogP contribution in [0.25, 0.3) is 5.69 Å². The summed E-state index contributed by atoms with van der Waals surface area (Å²) < 4.78 is 39.8. The summed E-state index contributed by atoms with van der Waals surface area (Å²) in [4.78, 5) is 10.8. The smallest absolute Gasteiger partial charge is 0.339 e. The van der Waals surface area contributed by atoms with E-state index in [2.05, 4.69) is 5.10 Å². The van der Waals surface area contributed by atoms with Crippen LogP contribution in [0.15, 0.2) is 18.3 Å². The van der Waals surface area contributed by atoms with E-state index in [4.69, 9.17) is 5.11 Å². The Labute approximate surface area is 99.3 Å². The van der Waals surface area contributed by atoms with Crippen LogP contribution < -0.4 is 0 Å². The fourth-order valence-corrected chi connectivity index (χ4v) is 1.48. The summed E-state index contributed by atoms with van der Waals surface area (Å²) in [5.74, 6) is -5.52. The molecule has 0 aliphatic carbocycles. The van der Waals surface area contributed by atoms with E-state index in [1.54, 1.807) is 0 Å². The molecule has 0 aliphatic rings. The predicted octanol–water partition coefficient (Wildman–Crippen LogP) is 2.30. The van der Waals surface area contributed by atoms with E-state index in [1.807, 2.05) is 0 Å². The number of carboxylic acids is 1. The van der Waals surface area contributed by atoms with Gasteiger partial charge in [-0.15, -0.1) is 0 Å². The van der Waals surface area contributed by atoms with E-state index < -0.39 is 23.4 Å². The average molecular weight is 256 g/mol. The summed E-state index contributed by atoms with van der Waals surface area (Å²) in [7, 11) is 0. The number of rotatable bonds is 2. The molecular formula is C11H7F3N2O2. The fourth-order valence-electron chi connectivity index (χ4n) is 1.48. The van der Waals surface area contributed by atoms with Gasteiger partial charge in [0.05, 0.1) is 11.4 Å². The molecule has 2 aromatic rings. The number of aryl methyl sites for hydroxylation is 1. The predicted molar refractivity (Wildman–Crippen MR) is 55.1 cm³/mol. The van der Waals surface area contributed by atoms with Gasteiger partial charge in [-0.1, -0.05) is 0 Å². The monoisotopic (exact) mass is 256 g/mol. The molecule has 0 aliphatic heterocycles. The molecule has 18 heavy (non-hydrogen) atoms. The van der Waals surface area contributed by atoms with E-state index in [0.29, 0.717) is 0 Å². The third-order valence-corrected chi connectivity index (χ3v) is 2.36. The molecule has 94 valence electrons. The van der Waals surface area contributed by atoms with Gasteiger partial charge in [-0.25, -0.2) is 22.6 Å². The van der Waals surface area contributed by atoms with E-state index >= 15 is 0 Å².